The van der Waals surface area contributed by atoms with Gasteiger partial charge in [0.25, 0.3) is 5.91 Å². The van der Waals surface area contributed by atoms with E-state index in [1.807, 2.05) is 53.1 Å². The number of carbonyl (C=O) groups is 1. The van der Waals surface area contributed by atoms with Crippen LogP contribution in [0.15, 0.2) is 72.8 Å². The van der Waals surface area contributed by atoms with Crippen LogP contribution in [0.2, 0.25) is 0 Å². The number of carbonyl (C=O) groups excluding carboxylic acids is 1. The lowest BCUT2D eigenvalue weighted by molar-refractivity contribution is -0.0478. The molecule has 0 saturated carbocycles. The number of aliphatic hydroxyl groups excluding tert-OH is 2. The van der Waals surface area contributed by atoms with Crippen molar-refractivity contribution in [2.75, 3.05) is 13.7 Å². The molecule has 0 aliphatic carbocycles. The molecule has 6 rings (SSSR count). The number of primary amides is 1. The average molecular weight is 599 g/mol. The van der Waals surface area contributed by atoms with Gasteiger partial charge in [0.15, 0.2) is 11.9 Å². The molecule has 5 aromatic rings. The Balaban J connectivity index is 1.32. The summed E-state index contributed by atoms with van der Waals surface area (Å²) in [5.41, 5.74) is 8.82. The van der Waals surface area contributed by atoms with Gasteiger partial charge in [-0.05, 0) is 67.1 Å². The SMILES string of the molecule is CCCCOc1ccc(-c2nc3ccccc3n2C[C@H]2O[C@@H](n3nnc(C(N)=O)c3-c3ccc(OC)cc3)[C@H](O)[C@@H]2O)cc1. The fourth-order valence-electron chi connectivity index (χ4n) is 5.43. The van der Waals surface area contributed by atoms with Crippen molar-refractivity contribution in [3.05, 3.63) is 78.5 Å². The van der Waals surface area contributed by atoms with Gasteiger partial charge in [-0.3, -0.25) is 4.79 Å². The highest BCUT2D eigenvalue weighted by molar-refractivity contribution is 5.96. The van der Waals surface area contributed by atoms with Crippen LogP contribution in [0, 0.1) is 0 Å². The van der Waals surface area contributed by atoms with Crippen molar-refractivity contribution in [2.24, 2.45) is 5.73 Å². The number of nitrogens with two attached hydrogens (primary N) is 1. The molecular weight excluding hydrogens is 564 g/mol. The Bertz CT molecular complexity index is 1750. The quantitative estimate of drug-likeness (QED) is 0.193. The molecule has 12 nitrogen and oxygen atoms in total. The van der Waals surface area contributed by atoms with Crippen molar-refractivity contribution in [1.29, 1.82) is 0 Å². The van der Waals surface area contributed by atoms with E-state index in [0.717, 1.165) is 35.2 Å². The highest BCUT2D eigenvalue weighted by Gasteiger charge is 2.46. The molecule has 1 saturated heterocycles. The Kier molecular flexibility index (Phi) is 8.29. The van der Waals surface area contributed by atoms with E-state index in [4.69, 9.17) is 24.9 Å². The largest absolute Gasteiger partial charge is 0.497 e. The van der Waals surface area contributed by atoms with Crippen LogP contribution in [-0.4, -0.2) is 72.7 Å². The number of ether oxygens (including phenoxy) is 3. The molecule has 3 heterocycles. The van der Waals surface area contributed by atoms with Crippen LogP contribution in [0.5, 0.6) is 11.5 Å². The number of fused-ring (bicyclic) bond motifs is 1. The van der Waals surface area contributed by atoms with Crippen LogP contribution >= 0.6 is 0 Å². The van der Waals surface area contributed by atoms with Crippen molar-refractivity contribution >= 4 is 16.9 Å². The summed E-state index contributed by atoms with van der Waals surface area (Å²) < 4.78 is 20.6. The first-order valence-electron chi connectivity index (χ1n) is 14.5. The third kappa shape index (κ3) is 5.50. The second-order valence-electron chi connectivity index (χ2n) is 10.6. The Labute approximate surface area is 253 Å². The summed E-state index contributed by atoms with van der Waals surface area (Å²) in [4.78, 5) is 17.1. The fraction of sp³-hybridized carbons (Fsp3) is 0.312. The van der Waals surface area contributed by atoms with Crippen LogP contribution in [0.3, 0.4) is 0 Å². The topological polar surface area (TPSA) is 160 Å². The summed E-state index contributed by atoms with van der Waals surface area (Å²) in [6.45, 7) is 2.95. The van der Waals surface area contributed by atoms with Crippen molar-refractivity contribution in [1.82, 2.24) is 24.5 Å². The van der Waals surface area contributed by atoms with E-state index in [-0.39, 0.29) is 17.9 Å². The first kappa shape index (κ1) is 29.3. The maximum Gasteiger partial charge on any atom is 0.271 e. The number of methoxy groups -OCH3 is 1. The Morgan fingerprint density at radius 3 is 2.39 bits per heavy atom. The normalized spacial score (nSPS) is 19.8. The van der Waals surface area contributed by atoms with Crippen molar-refractivity contribution in [3.8, 4) is 34.1 Å². The van der Waals surface area contributed by atoms with Gasteiger partial charge in [-0.2, -0.15) is 0 Å². The van der Waals surface area contributed by atoms with E-state index < -0.39 is 30.4 Å². The molecule has 1 amide bonds. The van der Waals surface area contributed by atoms with Crippen LogP contribution in [-0.2, 0) is 11.3 Å². The van der Waals surface area contributed by atoms with E-state index in [1.165, 1.54) is 4.68 Å². The Morgan fingerprint density at radius 2 is 1.68 bits per heavy atom. The van der Waals surface area contributed by atoms with Crippen LogP contribution in [0.1, 0.15) is 36.5 Å². The monoisotopic (exact) mass is 598 g/mol. The van der Waals surface area contributed by atoms with Gasteiger partial charge in [-0.15, -0.1) is 5.10 Å². The third-order valence-corrected chi connectivity index (χ3v) is 7.77. The second-order valence-corrected chi connectivity index (χ2v) is 10.6. The van der Waals surface area contributed by atoms with E-state index in [0.29, 0.717) is 23.7 Å². The second kappa shape index (κ2) is 12.4. The first-order chi connectivity index (χ1) is 21.4. The molecule has 228 valence electrons. The zero-order valence-electron chi connectivity index (χ0n) is 24.4. The van der Waals surface area contributed by atoms with Gasteiger partial charge in [0.2, 0.25) is 0 Å². The molecule has 0 spiro atoms. The summed E-state index contributed by atoms with van der Waals surface area (Å²) >= 11 is 0. The maximum absolute atomic E-state index is 12.3. The molecular formula is C32H34N6O6. The number of para-hydroxylation sites is 2. The van der Waals surface area contributed by atoms with Crippen LogP contribution in [0.4, 0.5) is 0 Å². The van der Waals surface area contributed by atoms with Crippen LogP contribution in [0.25, 0.3) is 33.7 Å². The van der Waals surface area contributed by atoms with Crippen molar-refractivity contribution < 1.29 is 29.2 Å². The smallest absolute Gasteiger partial charge is 0.271 e. The summed E-state index contributed by atoms with van der Waals surface area (Å²) in [5.74, 6) is 1.28. The number of hydrogen-bond donors (Lipinski definition) is 3. The fourth-order valence-corrected chi connectivity index (χ4v) is 5.43. The van der Waals surface area contributed by atoms with Crippen molar-refractivity contribution in [2.45, 2.75) is 50.8 Å². The van der Waals surface area contributed by atoms with Crippen molar-refractivity contribution in [3.63, 3.8) is 0 Å². The highest BCUT2D eigenvalue weighted by Crippen LogP contribution is 2.36. The highest BCUT2D eigenvalue weighted by atomic mass is 16.6. The zero-order chi connectivity index (χ0) is 30.8. The number of amides is 1. The number of benzene rings is 3. The van der Waals surface area contributed by atoms with Crippen LogP contribution < -0.4 is 15.2 Å². The molecule has 1 aliphatic rings. The number of aliphatic hydroxyl groups is 2. The lowest BCUT2D eigenvalue weighted by Gasteiger charge is -2.18. The Hall–Kier alpha value is -4.78. The standard InChI is InChI=1S/C32H34N6O6/c1-3-4-17-43-22-15-11-20(12-16-22)31-34-23-7-5-6-8-24(23)37(31)18-25-28(39)29(40)32(44-25)38-27(26(30(33)41)35-36-38)19-9-13-21(42-2)14-10-19/h5-16,25,28-29,32,39-40H,3-4,17-18H2,1-2H3,(H2,33,41)/t25-,28-,29-,32-/m1/s1. The molecule has 0 radical (unpaired) electrons. The number of hydrogen-bond acceptors (Lipinski definition) is 9. The molecule has 0 bridgehead atoms. The van der Waals surface area contributed by atoms with E-state index >= 15 is 0 Å². The van der Waals surface area contributed by atoms with Gasteiger partial charge in [0, 0.05) is 11.1 Å². The number of unbranched alkanes of at least 4 members (excludes halogenated alkanes) is 1. The van der Waals surface area contributed by atoms with E-state index in [9.17, 15) is 15.0 Å². The Morgan fingerprint density at radius 1 is 0.977 bits per heavy atom. The predicted molar refractivity (Wildman–Crippen MR) is 162 cm³/mol. The number of nitrogens with zero attached hydrogens (tertiary/aromatic N) is 5. The average Bonchev–Trinajstić information content (AvgIpc) is 3.72. The molecule has 44 heavy (non-hydrogen) atoms. The first-order valence-corrected chi connectivity index (χ1v) is 14.5. The lowest BCUT2D eigenvalue weighted by atomic mass is 10.1. The van der Waals surface area contributed by atoms with Gasteiger partial charge < -0.3 is 34.7 Å². The summed E-state index contributed by atoms with van der Waals surface area (Å²) in [6.07, 6.45) is -2.63. The minimum atomic E-state index is -1.38. The maximum atomic E-state index is 12.3. The number of rotatable bonds is 11. The summed E-state index contributed by atoms with van der Waals surface area (Å²) in [7, 11) is 1.55. The van der Waals surface area contributed by atoms with Gasteiger partial charge in [-0.25, -0.2) is 9.67 Å². The molecule has 12 heteroatoms. The number of imidazole rings is 1. The van der Waals surface area contributed by atoms with Gasteiger partial charge >= 0.3 is 0 Å². The molecule has 3 aromatic carbocycles. The third-order valence-electron chi connectivity index (χ3n) is 7.77. The molecule has 1 fully saturated rings. The minimum Gasteiger partial charge on any atom is -0.497 e. The molecule has 4 N–H and O–H groups in total. The van der Waals surface area contributed by atoms with E-state index in [2.05, 4.69) is 17.2 Å². The summed E-state index contributed by atoms with van der Waals surface area (Å²) in [6, 6.07) is 22.3. The zero-order valence-corrected chi connectivity index (χ0v) is 24.4. The summed E-state index contributed by atoms with van der Waals surface area (Å²) in [5, 5.41) is 30.5. The predicted octanol–water partition coefficient (Wildman–Crippen LogP) is 3.57. The van der Waals surface area contributed by atoms with E-state index in [1.54, 1.807) is 31.4 Å². The van der Waals surface area contributed by atoms with Gasteiger partial charge in [0.1, 0.15) is 41.3 Å². The minimum absolute atomic E-state index is 0.0890. The molecule has 1 aliphatic heterocycles. The number of aromatic nitrogens is 5. The molecule has 0 unspecified atom stereocenters. The molecule has 4 atom stereocenters. The molecule has 2 aromatic heterocycles. The van der Waals surface area contributed by atoms with Gasteiger partial charge in [-0.1, -0.05) is 30.7 Å². The van der Waals surface area contributed by atoms with Gasteiger partial charge in [0.05, 0.1) is 31.3 Å². The lowest BCUT2D eigenvalue weighted by Crippen LogP contribution is -2.34.